The maximum absolute atomic E-state index is 4.34. The summed E-state index contributed by atoms with van der Waals surface area (Å²) in [7, 11) is 0. The third-order valence-electron chi connectivity index (χ3n) is 4.26. The van der Waals surface area contributed by atoms with Crippen LogP contribution in [0.1, 0.15) is 31.7 Å². The van der Waals surface area contributed by atoms with E-state index in [1.807, 2.05) is 19.3 Å². The van der Waals surface area contributed by atoms with Crippen molar-refractivity contribution in [1.82, 2.24) is 14.9 Å². The molecule has 2 fully saturated rings. The highest BCUT2D eigenvalue weighted by Crippen LogP contribution is 2.58. The standard InChI is InChI=1S/C13H19N3/c1-9(2)16-7-11-4-13(11,8-16)12-5-14-10(3)15-6-12/h5-6,9,11H,4,7-8H2,1-3H3. The second kappa shape index (κ2) is 3.27. The number of aromatic nitrogens is 2. The van der Waals surface area contributed by atoms with Crippen molar-refractivity contribution in [3.8, 4) is 0 Å². The fourth-order valence-electron chi connectivity index (χ4n) is 3.01. The number of aryl methyl sites for hydroxylation is 1. The highest BCUT2D eigenvalue weighted by atomic mass is 15.2. The van der Waals surface area contributed by atoms with E-state index in [1.54, 1.807) is 0 Å². The van der Waals surface area contributed by atoms with Gasteiger partial charge in [0.25, 0.3) is 0 Å². The lowest BCUT2D eigenvalue weighted by atomic mass is 9.98. The minimum atomic E-state index is 0.401. The molecule has 0 spiro atoms. The van der Waals surface area contributed by atoms with Gasteiger partial charge in [0, 0.05) is 36.9 Å². The van der Waals surface area contributed by atoms with E-state index in [2.05, 4.69) is 28.7 Å². The zero-order chi connectivity index (χ0) is 11.3. The van der Waals surface area contributed by atoms with Crippen LogP contribution in [0, 0.1) is 12.8 Å². The third kappa shape index (κ3) is 1.38. The molecule has 0 N–H and O–H groups in total. The van der Waals surface area contributed by atoms with Gasteiger partial charge in [-0.2, -0.15) is 0 Å². The molecule has 1 aliphatic heterocycles. The first-order valence-corrected chi connectivity index (χ1v) is 6.15. The summed E-state index contributed by atoms with van der Waals surface area (Å²) in [5.41, 5.74) is 1.75. The first kappa shape index (κ1) is 10.2. The number of nitrogens with zero attached hydrogens (tertiary/aromatic N) is 3. The van der Waals surface area contributed by atoms with Gasteiger partial charge < -0.3 is 0 Å². The van der Waals surface area contributed by atoms with Crippen LogP contribution in [-0.4, -0.2) is 34.0 Å². The van der Waals surface area contributed by atoms with Crippen LogP contribution in [-0.2, 0) is 5.41 Å². The van der Waals surface area contributed by atoms with Crippen LogP contribution in [0.2, 0.25) is 0 Å². The molecule has 3 rings (SSSR count). The van der Waals surface area contributed by atoms with Crippen LogP contribution in [0.4, 0.5) is 0 Å². The lowest BCUT2D eigenvalue weighted by molar-refractivity contribution is 0.243. The summed E-state index contributed by atoms with van der Waals surface area (Å²) in [5.74, 6) is 1.72. The fourth-order valence-corrected chi connectivity index (χ4v) is 3.01. The molecule has 2 atom stereocenters. The zero-order valence-corrected chi connectivity index (χ0v) is 10.3. The first-order valence-electron chi connectivity index (χ1n) is 6.15. The minimum Gasteiger partial charge on any atom is -0.300 e. The van der Waals surface area contributed by atoms with Gasteiger partial charge in [-0.25, -0.2) is 9.97 Å². The quantitative estimate of drug-likeness (QED) is 0.756. The van der Waals surface area contributed by atoms with Crippen molar-refractivity contribution in [3.05, 3.63) is 23.8 Å². The van der Waals surface area contributed by atoms with E-state index in [-0.39, 0.29) is 0 Å². The number of rotatable bonds is 2. The Hall–Kier alpha value is -0.960. The monoisotopic (exact) mass is 217 g/mol. The number of hydrogen-bond donors (Lipinski definition) is 0. The molecule has 2 aliphatic rings. The first-order chi connectivity index (χ1) is 7.62. The Kier molecular flexibility index (Phi) is 2.08. The molecule has 1 aromatic rings. The Bertz CT molecular complexity index is 398. The van der Waals surface area contributed by atoms with Gasteiger partial charge in [-0.1, -0.05) is 0 Å². The highest BCUT2D eigenvalue weighted by Gasteiger charge is 2.61. The predicted molar refractivity (Wildman–Crippen MR) is 63.3 cm³/mol. The largest absolute Gasteiger partial charge is 0.300 e. The summed E-state index contributed by atoms with van der Waals surface area (Å²) in [5, 5.41) is 0. The molecule has 1 aliphatic carbocycles. The van der Waals surface area contributed by atoms with E-state index in [9.17, 15) is 0 Å². The summed E-state index contributed by atoms with van der Waals surface area (Å²) >= 11 is 0. The van der Waals surface area contributed by atoms with Gasteiger partial charge in [-0.15, -0.1) is 0 Å². The van der Waals surface area contributed by atoms with Crippen LogP contribution in [0.25, 0.3) is 0 Å². The molecule has 0 bridgehead atoms. The topological polar surface area (TPSA) is 29.0 Å². The number of hydrogen-bond acceptors (Lipinski definition) is 3. The van der Waals surface area contributed by atoms with E-state index < -0.39 is 0 Å². The van der Waals surface area contributed by atoms with Gasteiger partial charge in [0.2, 0.25) is 0 Å². The maximum Gasteiger partial charge on any atom is 0.125 e. The zero-order valence-electron chi connectivity index (χ0n) is 10.3. The fraction of sp³-hybridized carbons (Fsp3) is 0.692. The Morgan fingerprint density at radius 2 is 2.06 bits per heavy atom. The van der Waals surface area contributed by atoms with Crippen molar-refractivity contribution in [3.63, 3.8) is 0 Å². The lowest BCUT2D eigenvalue weighted by Crippen LogP contribution is -2.32. The normalized spacial score (nSPS) is 33.1. The van der Waals surface area contributed by atoms with Crippen LogP contribution in [0.3, 0.4) is 0 Å². The van der Waals surface area contributed by atoms with Crippen molar-refractivity contribution in [2.45, 2.75) is 38.6 Å². The number of piperidine rings is 1. The molecule has 3 nitrogen and oxygen atoms in total. The lowest BCUT2D eigenvalue weighted by Gasteiger charge is -2.24. The summed E-state index contributed by atoms with van der Waals surface area (Å²) in [6, 6.07) is 0.663. The molecule has 0 aromatic carbocycles. The van der Waals surface area contributed by atoms with E-state index >= 15 is 0 Å². The second-order valence-corrected chi connectivity index (χ2v) is 5.60. The smallest absolute Gasteiger partial charge is 0.125 e. The summed E-state index contributed by atoms with van der Waals surface area (Å²) < 4.78 is 0. The van der Waals surface area contributed by atoms with Gasteiger partial charge >= 0.3 is 0 Å². The molecule has 86 valence electrons. The van der Waals surface area contributed by atoms with E-state index in [1.165, 1.54) is 25.1 Å². The van der Waals surface area contributed by atoms with Gasteiger partial charge in [0.1, 0.15) is 5.82 Å². The van der Waals surface area contributed by atoms with Gasteiger partial charge in [0.05, 0.1) is 0 Å². The molecule has 0 amide bonds. The van der Waals surface area contributed by atoms with Crippen LogP contribution < -0.4 is 0 Å². The van der Waals surface area contributed by atoms with Crippen molar-refractivity contribution in [2.75, 3.05) is 13.1 Å². The van der Waals surface area contributed by atoms with E-state index in [0.717, 1.165) is 11.7 Å². The Balaban J connectivity index is 1.84. The number of likely N-dealkylation sites (tertiary alicyclic amines) is 1. The molecular weight excluding hydrogens is 198 g/mol. The summed E-state index contributed by atoms with van der Waals surface area (Å²) in [6.45, 7) is 8.96. The number of fused-ring (bicyclic) bond motifs is 1. The molecule has 1 saturated carbocycles. The van der Waals surface area contributed by atoms with Crippen molar-refractivity contribution in [1.29, 1.82) is 0 Å². The minimum absolute atomic E-state index is 0.401. The molecule has 3 heteroatoms. The third-order valence-corrected chi connectivity index (χ3v) is 4.26. The predicted octanol–water partition coefficient (Wildman–Crippen LogP) is 1.77. The second-order valence-electron chi connectivity index (χ2n) is 5.60. The summed E-state index contributed by atoms with van der Waals surface area (Å²) in [4.78, 5) is 11.2. The molecule has 0 radical (unpaired) electrons. The maximum atomic E-state index is 4.34. The average Bonchev–Trinajstić information content (AvgIpc) is 2.82. The van der Waals surface area contributed by atoms with Crippen molar-refractivity contribution >= 4 is 0 Å². The molecule has 2 heterocycles. The van der Waals surface area contributed by atoms with Crippen LogP contribution in [0.15, 0.2) is 12.4 Å². The van der Waals surface area contributed by atoms with Gasteiger partial charge in [0.15, 0.2) is 0 Å². The van der Waals surface area contributed by atoms with E-state index in [0.29, 0.717) is 11.5 Å². The molecule has 1 aromatic heterocycles. The molecule has 16 heavy (non-hydrogen) atoms. The summed E-state index contributed by atoms with van der Waals surface area (Å²) in [6.07, 6.45) is 5.40. The van der Waals surface area contributed by atoms with Crippen molar-refractivity contribution in [2.24, 2.45) is 5.92 Å². The average molecular weight is 217 g/mol. The van der Waals surface area contributed by atoms with Crippen LogP contribution in [0.5, 0.6) is 0 Å². The Morgan fingerprint density at radius 3 is 2.62 bits per heavy atom. The molecular formula is C13H19N3. The molecule has 2 unspecified atom stereocenters. The van der Waals surface area contributed by atoms with Gasteiger partial charge in [-0.3, -0.25) is 4.90 Å². The van der Waals surface area contributed by atoms with E-state index in [4.69, 9.17) is 0 Å². The Morgan fingerprint density at radius 1 is 1.38 bits per heavy atom. The van der Waals surface area contributed by atoms with Crippen molar-refractivity contribution < 1.29 is 0 Å². The SMILES string of the molecule is Cc1ncc(C23CC2CN(C(C)C)C3)cn1. The molecule has 1 saturated heterocycles. The Labute approximate surface area is 96.9 Å². The van der Waals surface area contributed by atoms with Gasteiger partial charge in [-0.05, 0) is 38.7 Å². The highest BCUT2D eigenvalue weighted by molar-refractivity contribution is 5.34. The van der Waals surface area contributed by atoms with Crippen LogP contribution >= 0.6 is 0 Å².